The Hall–Kier alpha value is -3.23. The predicted molar refractivity (Wildman–Crippen MR) is 130 cm³/mol. The lowest BCUT2D eigenvalue weighted by Crippen LogP contribution is -2.46. The standard InChI is InChI=1S/C26H26N4O3S/c31-23-9-3-13-30(23)19-10-14-29(15-11-19)24(21-7-4-16-32-21)18-5-1-6-20(17-18)33-26-28-25-22(34-26)8-2-12-27-25/h1-2,4-8,12,16-17,19,24H,3,9-11,13-15H2. The van der Waals surface area contributed by atoms with Crippen molar-refractivity contribution >= 4 is 27.6 Å². The number of amides is 1. The number of ether oxygens (including phenoxy) is 1. The molecule has 2 aliphatic rings. The molecule has 34 heavy (non-hydrogen) atoms. The van der Waals surface area contributed by atoms with Gasteiger partial charge in [0, 0.05) is 38.3 Å². The summed E-state index contributed by atoms with van der Waals surface area (Å²) < 4.78 is 13.0. The minimum atomic E-state index is -0.00851. The Balaban J connectivity index is 1.23. The number of fused-ring (bicyclic) bond motifs is 1. The molecule has 2 saturated heterocycles. The minimum absolute atomic E-state index is 0.00851. The van der Waals surface area contributed by atoms with Crippen molar-refractivity contribution in [2.24, 2.45) is 0 Å². The first-order valence-corrected chi connectivity index (χ1v) is 12.6. The zero-order valence-corrected chi connectivity index (χ0v) is 19.6. The lowest BCUT2D eigenvalue weighted by Gasteiger charge is -2.40. The van der Waals surface area contributed by atoms with Crippen LogP contribution in [0.25, 0.3) is 10.3 Å². The van der Waals surface area contributed by atoms with E-state index >= 15 is 0 Å². The lowest BCUT2D eigenvalue weighted by atomic mass is 9.97. The third-order valence-corrected chi connectivity index (χ3v) is 7.64. The van der Waals surface area contributed by atoms with Crippen LogP contribution in [0, 0.1) is 0 Å². The van der Waals surface area contributed by atoms with Gasteiger partial charge in [-0.15, -0.1) is 0 Å². The van der Waals surface area contributed by atoms with Gasteiger partial charge < -0.3 is 14.1 Å². The molecule has 0 aliphatic carbocycles. The summed E-state index contributed by atoms with van der Waals surface area (Å²) in [5.41, 5.74) is 1.81. The number of piperidine rings is 1. The number of furan rings is 1. The third kappa shape index (κ3) is 4.19. The molecule has 0 radical (unpaired) electrons. The van der Waals surface area contributed by atoms with Gasteiger partial charge in [-0.1, -0.05) is 23.5 Å². The van der Waals surface area contributed by atoms with Crippen LogP contribution in [-0.2, 0) is 4.79 Å². The Morgan fingerprint density at radius 1 is 1.09 bits per heavy atom. The molecule has 0 saturated carbocycles. The highest BCUT2D eigenvalue weighted by molar-refractivity contribution is 7.20. The molecule has 2 fully saturated rings. The molecule has 0 spiro atoms. The van der Waals surface area contributed by atoms with Crippen molar-refractivity contribution in [1.29, 1.82) is 0 Å². The van der Waals surface area contributed by atoms with Gasteiger partial charge in [-0.3, -0.25) is 9.69 Å². The van der Waals surface area contributed by atoms with E-state index in [0.29, 0.717) is 29.2 Å². The number of carbonyl (C=O) groups excluding carboxylic acids is 1. The Bertz CT molecular complexity index is 1250. The Morgan fingerprint density at radius 3 is 2.76 bits per heavy atom. The molecule has 1 amide bonds. The van der Waals surface area contributed by atoms with Crippen LogP contribution in [0.1, 0.15) is 43.0 Å². The van der Waals surface area contributed by atoms with Gasteiger partial charge in [0.15, 0.2) is 5.65 Å². The average molecular weight is 475 g/mol. The summed E-state index contributed by atoms with van der Waals surface area (Å²) >= 11 is 1.49. The second-order valence-electron chi connectivity index (χ2n) is 8.86. The zero-order chi connectivity index (χ0) is 22.9. The average Bonchev–Trinajstić information content (AvgIpc) is 3.61. The highest BCUT2D eigenvalue weighted by atomic mass is 32.1. The molecule has 5 heterocycles. The topological polar surface area (TPSA) is 71.7 Å². The Labute approximate surface area is 202 Å². The fraction of sp³-hybridized carbons (Fsp3) is 0.346. The van der Waals surface area contributed by atoms with E-state index in [9.17, 15) is 4.79 Å². The number of benzene rings is 1. The van der Waals surface area contributed by atoms with Crippen molar-refractivity contribution in [2.75, 3.05) is 19.6 Å². The first-order valence-electron chi connectivity index (χ1n) is 11.8. The summed E-state index contributed by atoms with van der Waals surface area (Å²) in [5.74, 6) is 1.97. The molecular formula is C26H26N4O3S. The summed E-state index contributed by atoms with van der Waals surface area (Å²) in [6.07, 6.45) is 7.13. The molecule has 1 unspecified atom stereocenters. The van der Waals surface area contributed by atoms with Crippen LogP contribution in [-0.4, -0.2) is 51.4 Å². The van der Waals surface area contributed by atoms with Crippen LogP contribution >= 0.6 is 11.3 Å². The SMILES string of the molecule is O=C1CCCN1C1CCN(C(c2cccc(Oc3nc4ncccc4s3)c2)c2ccco2)CC1. The van der Waals surface area contributed by atoms with Crippen LogP contribution in [0.3, 0.4) is 0 Å². The molecule has 1 aromatic carbocycles. The summed E-state index contributed by atoms with van der Waals surface area (Å²) in [6, 6.07) is 16.4. The number of pyridine rings is 1. The number of nitrogens with zero attached hydrogens (tertiary/aromatic N) is 4. The van der Waals surface area contributed by atoms with E-state index in [1.807, 2.05) is 36.4 Å². The smallest absolute Gasteiger partial charge is 0.281 e. The normalized spacial score (nSPS) is 18.6. The van der Waals surface area contributed by atoms with Gasteiger partial charge in [0.05, 0.1) is 17.0 Å². The molecule has 174 valence electrons. The van der Waals surface area contributed by atoms with Crippen molar-refractivity contribution < 1.29 is 13.9 Å². The van der Waals surface area contributed by atoms with Crippen LogP contribution in [0.2, 0.25) is 0 Å². The third-order valence-electron chi connectivity index (χ3n) is 6.75. The van der Waals surface area contributed by atoms with E-state index in [0.717, 1.165) is 60.7 Å². The van der Waals surface area contributed by atoms with Gasteiger partial charge in [-0.2, -0.15) is 4.98 Å². The van der Waals surface area contributed by atoms with E-state index in [2.05, 4.69) is 31.9 Å². The van der Waals surface area contributed by atoms with Crippen molar-refractivity contribution in [1.82, 2.24) is 19.8 Å². The van der Waals surface area contributed by atoms with E-state index in [4.69, 9.17) is 9.15 Å². The molecular weight excluding hydrogens is 448 g/mol. The number of aromatic nitrogens is 2. The van der Waals surface area contributed by atoms with Crippen molar-refractivity contribution in [3.63, 3.8) is 0 Å². The predicted octanol–water partition coefficient (Wildman–Crippen LogP) is 5.25. The van der Waals surface area contributed by atoms with E-state index in [1.54, 1.807) is 12.5 Å². The van der Waals surface area contributed by atoms with Crippen molar-refractivity contribution in [2.45, 2.75) is 37.8 Å². The molecule has 6 rings (SSSR count). The number of likely N-dealkylation sites (tertiary alicyclic amines) is 2. The quantitative estimate of drug-likeness (QED) is 0.380. The summed E-state index contributed by atoms with van der Waals surface area (Å²) in [6.45, 7) is 2.73. The highest BCUT2D eigenvalue weighted by Gasteiger charge is 2.34. The summed E-state index contributed by atoms with van der Waals surface area (Å²) in [4.78, 5) is 25.6. The maximum absolute atomic E-state index is 12.2. The molecule has 4 aromatic rings. The number of thiazole rings is 1. The van der Waals surface area contributed by atoms with E-state index in [-0.39, 0.29) is 6.04 Å². The van der Waals surface area contributed by atoms with E-state index < -0.39 is 0 Å². The van der Waals surface area contributed by atoms with Gasteiger partial charge in [-0.25, -0.2) is 4.98 Å². The fourth-order valence-corrected chi connectivity index (χ4v) is 5.95. The molecule has 7 nitrogen and oxygen atoms in total. The van der Waals surface area contributed by atoms with Gasteiger partial charge in [-0.05, 0) is 61.2 Å². The molecule has 0 bridgehead atoms. The Kier molecular flexibility index (Phi) is 5.76. The van der Waals surface area contributed by atoms with Crippen LogP contribution in [0.4, 0.5) is 0 Å². The Morgan fingerprint density at radius 2 is 2.00 bits per heavy atom. The van der Waals surface area contributed by atoms with Gasteiger partial charge in [0.2, 0.25) is 5.91 Å². The molecule has 8 heteroatoms. The second kappa shape index (κ2) is 9.19. The number of rotatable bonds is 6. The van der Waals surface area contributed by atoms with Crippen LogP contribution in [0.5, 0.6) is 10.9 Å². The largest absolute Gasteiger partial charge is 0.467 e. The van der Waals surface area contributed by atoms with Gasteiger partial charge >= 0.3 is 0 Å². The lowest BCUT2D eigenvalue weighted by molar-refractivity contribution is -0.130. The summed E-state index contributed by atoms with van der Waals surface area (Å²) in [5, 5.41) is 0.580. The van der Waals surface area contributed by atoms with Gasteiger partial charge in [0.25, 0.3) is 5.19 Å². The van der Waals surface area contributed by atoms with Crippen molar-refractivity contribution in [3.05, 3.63) is 72.3 Å². The van der Waals surface area contributed by atoms with Gasteiger partial charge in [0.1, 0.15) is 11.5 Å². The molecule has 2 aliphatic heterocycles. The maximum atomic E-state index is 12.2. The number of carbonyl (C=O) groups is 1. The van der Waals surface area contributed by atoms with E-state index in [1.165, 1.54) is 11.3 Å². The van der Waals surface area contributed by atoms with Crippen molar-refractivity contribution in [3.8, 4) is 10.9 Å². The molecule has 0 N–H and O–H groups in total. The van der Waals surface area contributed by atoms with Crippen LogP contribution < -0.4 is 4.74 Å². The first kappa shape index (κ1) is 21.3. The highest BCUT2D eigenvalue weighted by Crippen LogP contribution is 2.36. The number of hydrogen-bond acceptors (Lipinski definition) is 7. The van der Waals surface area contributed by atoms with Crippen LogP contribution in [0.15, 0.2) is 65.4 Å². The summed E-state index contributed by atoms with van der Waals surface area (Å²) in [7, 11) is 0. The molecule has 1 atom stereocenters. The first-order chi connectivity index (χ1) is 16.7. The zero-order valence-electron chi connectivity index (χ0n) is 18.8. The number of hydrogen-bond donors (Lipinski definition) is 0. The fourth-order valence-electron chi connectivity index (χ4n) is 5.15. The molecule has 3 aromatic heterocycles. The monoisotopic (exact) mass is 474 g/mol. The minimum Gasteiger partial charge on any atom is -0.467 e. The maximum Gasteiger partial charge on any atom is 0.281 e. The second-order valence-corrected chi connectivity index (χ2v) is 9.85.